The average Bonchev–Trinajstić information content (AvgIpc) is 2.61. The van der Waals surface area contributed by atoms with Crippen LogP contribution in [0.1, 0.15) is 26.7 Å². The third-order valence-corrected chi connectivity index (χ3v) is 4.12. The molecule has 4 atom stereocenters. The molecule has 0 aromatic rings. The zero-order valence-electron chi connectivity index (χ0n) is 15.0. The smallest absolute Gasteiger partial charge is 0.309 e. The summed E-state index contributed by atoms with van der Waals surface area (Å²) in [6.45, 7) is 3.22. The van der Waals surface area contributed by atoms with E-state index < -0.39 is 47.5 Å². The molecule has 0 rings (SSSR count). The highest BCUT2D eigenvalue weighted by molar-refractivity contribution is 5.85. The van der Waals surface area contributed by atoms with Gasteiger partial charge in [0.25, 0.3) is 0 Å². The van der Waals surface area contributed by atoms with E-state index in [1.807, 2.05) is 0 Å². The van der Waals surface area contributed by atoms with Crippen LogP contribution >= 0.6 is 0 Å². The van der Waals surface area contributed by atoms with Crippen LogP contribution in [0, 0.1) is 23.7 Å². The van der Waals surface area contributed by atoms with Crippen molar-refractivity contribution in [1.29, 1.82) is 0 Å². The quantitative estimate of drug-likeness (QED) is 0.449. The number of ether oxygens (including phenoxy) is 4. The maximum Gasteiger partial charge on any atom is 0.309 e. The van der Waals surface area contributed by atoms with Crippen molar-refractivity contribution in [3.8, 4) is 0 Å². The van der Waals surface area contributed by atoms with Gasteiger partial charge >= 0.3 is 23.9 Å². The minimum Gasteiger partial charge on any atom is -0.469 e. The molecule has 0 N–H and O–H groups in total. The van der Waals surface area contributed by atoms with Crippen molar-refractivity contribution in [2.75, 3.05) is 28.4 Å². The molecule has 0 aliphatic heterocycles. The first-order valence-corrected chi connectivity index (χ1v) is 7.60. The summed E-state index contributed by atoms with van der Waals surface area (Å²) < 4.78 is 18.9. The fourth-order valence-corrected chi connectivity index (χ4v) is 2.62. The first-order chi connectivity index (χ1) is 11.3. The fraction of sp³-hybridized carbons (Fsp3) is 0.750. The Morgan fingerprint density at radius 2 is 1.04 bits per heavy atom. The lowest BCUT2D eigenvalue weighted by Crippen LogP contribution is -2.38. The molecule has 8 nitrogen and oxygen atoms in total. The summed E-state index contributed by atoms with van der Waals surface area (Å²) in [7, 11) is 4.79. The van der Waals surface area contributed by atoms with Gasteiger partial charge in [-0.3, -0.25) is 19.2 Å². The molecule has 24 heavy (non-hydrogen) atoms. The maximum absolute atomic E-state index is 12.1. The Kier molecular flexibility index (Phi) is 9.68. The molecule has 4 unspecified atom stereocenters. The van der Waals surface area contributed by atoms with Crippen LogP contribution in [0.25, 0.3) is 0 Å². The van der Waals surface area contributed by atoms with E-state index in [9.17, 15) is 19.2 Å². The Bertz CT molecular complexity index is 459. The molecule has 0 spiro atoms. The summed E-state index contributed by atoms with van der Waals surface area (Å²) in [5.74, 6) is -6.04. The van der Waals surface area contributed by atoms with E-state index in [0.717, 1.165) is 0 Å². The SMILES string of the molecule is CCC(C(=O)OC)C(CC(C(=O)OC)C(C)C(=O)OC)C(=O)OC. The van der Waals surface area contributed by atoms with Crippen molar-refractivity contribution in [3.05, 3.63) is 0 Å². The van der Waals surface area contributed by atoms with Gasteiger partial charge in [0.15, 0.2) is 0 Å². The van der Waals surface area contributed by atoms with Gasteiger partial charge in [-0.25, -0.2) is 0 Å². The van der Waals surface area contributed by atoms with Gasteiger partial charge in [0.05, 0.1) is 52.1 Å². The van der Waals surface area contributed by atoms with Crippen LogP contribution in [-0.4, -0.2) is 52.3 Å². The van der Waals surface area contributed by atoms with E-state index in [4.69, 9.17) is 14.2 Å². The van der Waals surface area contributed by atoms with Gasteiger partial charge in [-0.2, -0.15) is 0 Å². The molecule has 0 bridgehead atoms. The minimum atomic E-state index is -0.953. The normalized spacial score (nSPS) is 15.4. The van der Waals surface area contributed by atoms with Crippen molar-refractivity contribution >= 4 is 23.9 Å². The first kappa shape index (κ1) is 21.9. The topological polar surface area (TPSA) is 105 Å². The lowest BCUT2D eigenvalue weighted by Gasteiger charge is -2.27. The van der Waals surface area contributed by atoms with Gasteiger partial charge in [0.2, 0.25) is 0 Å². The number of carbonyl (C=O) groups excluding carboxylic acids is 4. The standard InChI is InChI=1S/C16H26O8/c1-7-10(14(18)22-4)12(16(20)24-6)8-11(15(19)23-5)9(2)13(17)21-3/h9-12H,7-8H2,1-6H3. The highest BCUT2D eigenvalue weighted by Crippen LogP contribution is 2.30. The molecule has 0 amide bonds. The lowest BCUT2D eigenvalue weighted by atomic mass is 9.78. The number of methoxy groups -OCH3 is 4. The maximum atomic E-state index is 12.1. The molecular formula is C16H26O8. The van der Waals surface area contributed by atoms with Gasteiger partial charge in [-0.15, -0.1) is 0 Å². The summed E-state index contributed by atoms with van der Waals surface area (Å²) in [6, 6.07) is 0. The second-order valence-corrected chi connectivity index (χ2v) is 5.34. The van der Waals surface area contributed by atoms with E-state index in [-0.39, 0.29) is 6.42 Å². The largest absolute Gasteiger partial charge is 0.469 e. The van der Waals surface area contributed by atoms with Crippen molar-refractivity contribution in [3.63, 3.8) is 0 Å². The summed E-state index contributed by atoms with van der Waals surface area (Å²) in [6.07, 6.45) is 0.218. The predicted octanol–water partition coefficient (Wildman–Crippen LogP) is 0.963. The first-order valence-electron chi connectivity index (χ1n) is 7.60. The monoisotopic (exact) mass is 346 g/mol. The Balaban J connectivity index is 5.66. The summed E-state index contributed by atoms with van der Waals surface area (Å²) in [4.78, 5) is 47.9. The lowest BCUT2D eigenvalue weighted by molar-refractivity contribution is -0.163. The van der Waals surface area contributed by atoms with Gasteiger partial charge in [-0.05, 0) is 12.8 Å². The predicted molar refractivity (Wildman–Crippen MR) is 82.6 cm³/mol. The highest BCUT2D eigenvalue weighted by Gasteiger charge is 2.41. The second kappa shape index (κ2) is 10.6. The average molecular weight is 346 g/mol. The zero-order chi connectivity index (χ0) is 18.9. The van der Waals surface area contributed by atoms with Crippen LogP contribution in [0.15, 0.2) is 0 Å². The number of carbonyl (C=O) groups is 4. The van der Waals surface area contributed by atoms with E-state index in [1.165, 1.54) is 35.4 Å². The van der Waals surface area contributed by atoms with Gasteiger partial charge in [0, 0.05) is 0 Å². The molecule has 0 aliphatic carbocycles. The molecule has 0 aromatic carbocycles. The van der Waals surface area contributed by atoms with E-state index >= 15 is 0 Å². The molecule has 0 aliphatic rings. The summed E-state index contributed by atoms with van der Waals surface area (Å²) in [5.41, 5.74) is 0. The van der Waals surface area contributed by atoms with E-state index in [0.29, 0.717) is 6.42 Å². The summed E-state index contributed by atoms with van der Waals surface area (Å²) >= 11 is 0. The molecule has 0 fully saturated rings. The van der Waals surface area contributed by atoms with Crippen LogP contribution in [0.5, 0.6) is 0 Å². The van der Waals surface area contributed by atoms with Crippen molar-refractivity contribution in [2.45, 2.75) is 26.7 Å². The summed E-state index contributed by atoms with van der Waals surface area (Å²) in [5, 5.41) is 0. The Morgan fingerprint density at radius 1 is 0.667 bits per heavy atom. The van der Waals surface area contributed by atoms with Crippen LogP contribution in [-0.2, 0) is 38.1 Å². The van der Waals surface area contributed by atoms with Crippen LogP contribution < -0.4 is 0 Å². The van der Waals surface area contributed by atoms with Gasteiger partial charge in [-0.1, -0.05) is 13.8 Å². The molecule has 138 valence electrons. The zero-order valence-corrected chi connectivity index (χ0v) is 15.0. The number of esters is 4. The number of hydrogen-bond acceptors (Lipinski definition) is 8. The van der Waals surface area contributed by atoms with E-state index in [1.54, 1.807) is 6.92 Å². The highest BCUT2D eigenvalue weighted by atomic mass is 16.5. The molecule has 0 heterocycles. The van der Waals surface area contributed by atoms with Crippen LogP contribution in [0.2, 0.25) is 0 Å². The van der Waals surface area contributed by atoms with E-state index in [2.05, 4.69) is 4.74 Å². The molecule has 0 radical (unpaired) electrons. The minimum absolute atomic E-state index is 0.0940. The number of rotatable bonds is 9. The number of hydrogen-bond donors (Lipinski definition) is 0. The van der Waals surface area contributed by atoms with Crippen LogP contribution in [0.4, 0.5) is 0 Å². The molecular weight excluding hydrogens is 320 g/mol. The van der Waals surface area contributed by atoms with Crippen molar-refractivity contribution in [1.82, 2.24) is 0 Å². The van der Waals surface area contributed by atoms with Crippen molar-refractivity contribution < 1.29 is 38.1 Å². The van der Waals surface area contributed by atoms with Gasteiger partial charge < -0.3 is 18.9 Å². The third-order valence-electron chi connectivity index (χ3n) is 4.12. The molecule has 0 saturated heterocycles. The Morgan fingerprint density at radius 3 is 1.42 bits per heavy atom. The molecule has 0 saturated carbocycles. The second-order valence-electron chi connectivity index (χ2n) is 5.34. The Labute approximate surface area is 141 Å². The molecule has 8 heteroatoms. The van der Waals surface area contributed by atoms with Crippen LogP contribution in [0.3, 0.4) is 0 Å². The van der Waals surface area contributed by atoms with Gasteiger partial charge in [0.1, 0.15) is 0 Å². The van der Waals surface area contributed by atoms with Crippen molar-refractivity contribution in [2.24, 2.45) is 23.7 Å². The fourth-order valence-electron chi connectivity index (χ4n) is 2.62. The molecule has 0 aromatic heterocycles. The third kappa shape index (κ3) is 5.50. The Hall–Kier alpha value is -2.12.